The Kier molecular flexibility index (Phi) is 8.12. The summed E-state index contributed by atoms with van der Waals surface area (Å²) in [6.07, 6.45) is 4.26. The van der Waals surface area contributed by atoms with Crippen LogP contribution < -0.4 is 15.4 Å². The Morgan fingerprint density at radius 2 is 1.80 bits per heavy atom. The molecule has 30 heavy (non-hydrogen) atoms. The first-order valence-corrected chi connectivity index (χ1v) is 10.7. The molecule has 1 fully saturated rings. The van der Waals surface area contributed by atoms with E-state index in [0.717, 1.165) is 42.6 Å². The van der Waals surface area contributed by atoms with Crippen molar-refractivity contribution in [2.45, 2.75) is 44.7 Å². The molecule has 1 atom stereocenters. The molecular weight excluding hydrogens is 378 g/mol. The van der Waals surface area contributed by atoms with E-state index in [1.165, 1.54) is 0 Å². The molecule has 160 valence electrons. The summed E-state index contributed by atoms with van der Waals surface area (Å²) in [5, 5.41) is 6.03. The van der Waals surface area contributed by atoms with Crippen LogP contribution in [0, 0.1) is 0 Å². The molecule has 0 saturated carbocycles. The van der Waals surface area contributed by atoms with E-state index in [1.807, 2.05) is 59.5 Å². The molecule has 1 heterocycles. The highest BCUT2D eigenvalue weighted by molar-refractivity contribution is 5.79. The summed E-state index contributed by atoms with van der Waals surface area (Å²) in [5.74, 6) is 0.770. The molecule has 0 aliphatic carbocycles. The van der Waals surface area contributed by atoms with Gasteiger partial charge in [-0.15, -0.1) is 0 Å². The van der Waals surface area contributed by atoms with Crippen LogP contribution in [0.3, 0.4) is 0 Å². The highest BCUT2D eigenvalue weighted by atomic mass is 16.5. The van der Waals surface area contributed by atoms with E-state index in [0.29, 0.717) is 19.6 Å². The number of carbonyl (C=O) groups is 2. The van der Waals surface area contributed by atoms with Gasteiger partial charge in [-0.05, 0) is 36.1 Å². The van der Waals surface area contributed by atoms with Gasteiger partial charge < -0.3 is 20.3 Å². The predicted molar refractivity (Wildman–Crippen MR) is 117 cm³/mol. The zero-order chi connectivity index (χ0) is 21.2. The quantitative estimate of drug-likeness (QED) is 0.801. The minimum atomic E-state index is -0.292. The average molecular weight is 410 g/mol. The second-order valence-corrected chi connectivity index (χ2v) is 7.59. The predicted octanol–water partition coefficient (Wildman–Crippen LogP) is 4.03. The molecule has 1 aliphatic rings. The van der Waals surface area contributed by atoms with E-state index in [2.05, 4.69) is 10.6 Å². The average Bonchev–Trinajstić information content (AvgIpc) is 2.83. The van der Waals surface area contributed by atoms with Crippen molar-refractivity contribution >= 4 is 11.9 Å². The summed E-state index contributed by atoms with van der Waals surface area (Å²) in [6, 6.07) is 17.0. The maximum absolute atomic E-state index is 13.2. The zero-order valence-electron chi connectivity index (χ0n) is 17.6. The number of amides is 3. The summed E-state index contributed by atoms with van der Waals surface area (Å²) in [6.45, 7) is 1.75. The summed E-state index contributed by atoms with van der Waals surface area (Å²) < 4.78 is 5.19. The fourth-order valence-electron chi connectivity index (χ4n) is 3.74. The van der Waals surface area contributed by atoms with E-state index in [1.54, 1.807) is 7.11 Å². The van der Waals surface area contributed by atoms with Crippen LogP contribution >= 0.6 is 0 Å². The summed E-state index contributed by atoms with van der Waals surface area (Å²) in [5.41, 5.74) is 1.97. The van der Waals surface area contributed by atoms with Crippen LogP contribution in [-0.2, 0) is 11.3 Å². The van der Waals surface area contributed by atoms with Gasteiger partial charge in [0, 0.05) is 19.6 Å². The minimum absolute atomic E-state index is 0.0151. The number of nitrogens with one attached hydrogen (secondary N) is 2. The van der Waals surface area contributed by atoms with Crippen LogP contribution in [0.4, 0.5) is 4.79 Å². The second kappa shape index (κ2) is 11.2. The molecule has 6 heteroatoms. The van der Waals surface area contributed by atoms with Gasteiger partial charge in [0.1, 0.15) is 5.75 Å². The maximum Gasteiger partial charge on any atom is 0.318 e. The first kappa shape index (κ1) is 21.7. The monoisotopic (exact) mass is 409 g/mol. The smallest absolute Gasteiger partial charge is 0.318 e. The molecule has 1 unspecified atom stereocenters. The number of rotatable bonds is 4. The van der Waals surface area contributed by atoms with Gasteiger partial charge in [0.25, 0.3) is 0 Å². The Hall–Kier alpha value is -3.02. The standard InChI is InChI=1S/C24H31N3O3/c1-30-21-13-11-19(12-14-21)18-26-24(29)27-16-8-3-2-7-15-25-23(28)17-22(27)20-9-5-4-6-10-20/h4-6,9-14,22H,2-3,7-8,15-18H2,1H3,(H,25,28)(H,26,29). The van der Waals surface area contributed by atoms with Crippen molar-refractivity contribution in [1.82, 2.24) is 15.5 Å². The molecule has 0 spiro atoms. The Morgan fingerprint density at radius 1 is 1.07 bits per heavy atom. The van der Waals surface area contributed by atoms with E-state index in [9.17, 15) is 9.59 Å². The molecule has 0 bridgehead atoms. The molecule has 3 amide bonds. The van der Waals surface area contributed by atoms with E-state index in [-0.39, 0.29) is 24.4 Å². The number of urea groups is 1. The number of carbonyl (C=O) groups excluding carboxylic acids is 2. The molecule has 3 rings (SSSR count). The van der Waals surface area contributed by atoms with Gasteiger partial charge in [0.05, 0.1) is 19.6 Å². The molecule has 1 aliphatic heterocycles. The summed E-state index contributed by atoms with van der Waals surface area (Å²) in [4.78, 5) is 27.5. The van der Waals surface area contributed by atoms with Crippen molar-refractivity contribution in [2.24, 2.45) is 0 Å². The number of nitrogens with zero attached hydrogens (tertiary/aromatic N) is 1. The van der Waals surface area contributed by atoms with Crippen LogP contribution in [0.2, 0.25) is 0 Å². The molecule has 2 aromatic rings. The first-order chi connectivity index (χ1) is 14.7. The molecule has 0 aromatic heterocycles. The molecule has 1 saturated heterocycles. The number of hydrogen-bond donors (Lipinski definition) is 2. The van der Waals surface area contributed by atoms with Crippen LogP contribution in [0.1, 0.15) is 49.3 Å². The summed E-state index contributed by atoms with van der Waals surface area (Å²) in [7, 11) is 1.63. The Balaban J connectivity index is 1.76. The van der Waals surface area contributed by atoms with Crippen molar-refractivity contribution < 1.29 is 14.3 Å². The normalized spacial score (nSPS) is 18.1. The third kappa shape index (κ3) is 6.24. The van der Waals surface area contributed by atoms with Crippen LogP contribution in [0.25, 0.3) is 0 Å². The lowest BCUT2D eigenvalue weighted by Gasteiger charge is -2.32. The van der Waals surface area contributed by atoms with Gasteiger partial charge >= 0.3 is 6.03 Å². The van der Waals surface area contributed by atoms with Crippen molar-refractivity contribution in [2.75, 3.05) is 20.2 Å². The highest BCUT2D eigenvalue weighted by Gasteiger charge is 2.27. The molecule has 6 nitrogen and oxygen atoms in total. The van der Waals surface area contributed by atoms with E-state index >= 15 is 0 Å². The Bertz CT molecular complexity index is 808. The number of ether oxygens (including phenoxy) is 1. The van der Waals surface area contributed by atoms with Crippen molar-refractivity contribution in [3.8, 4) is 5.75 Å². The third-order valence-corrected chi connectivity index (χ3v) is 5.45. The van der Waals surface area contributed by atoms with Crippen LogP contribution in [0.5, 0.6) is 5.75 Å². The number of benzene rings is 2. The fourth-order valence-corrected chi connectivity index (χ4v) is 3.74. The van der Waals surface area contributed by atoms with E-state index < -0.39 is 0 Å². The largest absolute Gasteiger partial charge is 0.497 e. The Morgan fingerprint density at radius 3 is 2.53 bits per heavy atom. The lowest BCUT2D eigenvalue weighted by atomic mass is 10.0. The molecule has 2 aromatic carbocycles. The lowest BCUT2D eigenvalue weighted by Crippen LogP contribution is -2.44. The van der Waals surface area contributed by atoms with E-state index in [4.69, 9.17) is 4.74 Å². The van der Waals surface area contributed by atoms with Gasteiger partial charge in [0.2, 0.25) is 5.91 Å². The van der Waals surface area contributed by atoms with Gasteiger partial charge in [-0.3, -0.25) is 4.79 Å². The third-order valence-electron chi connectivity index (χ3n) is 5.45. The SMILES string of the molecule is COc1ccc(CNC(=O)N2CCCCCCNC(=O)CC2c2ccccc2)cc1. The summed E-state index contributed by atoms with van der Waals surface area (Å²) >= 11 is 0. The zero-order valence-corrected chi connectivity index (χ0v) is 17.6. The van der Waals surface area contributed by atoms with Gasteiger partial charge in [-0.1, -0.05) is 55.3 Å². The first-order valence-electron chi connectivity index (χ1n) is 10.7. The van der Waals surface area contributed by atoms with Gasteiger partial charge in [-0.25, -0.2) is 4.79 Å². The minimum Gasteiger partial charge on any atom is -0.497 e. The van der Waals surface area contributed by atoms with Crippen molar-refractivity contribution in [3.63, 3.8) is 0 Å². The topological polar surface area (TPSA) is 70.7 Å². The second-order valence-electron chi connectivity index (χ2n) is 7.59. The van der Waals surface area contributed by atoms with Gasteiger partial charge in [-0.2, -0.15) is 0 Å². The van der Waals surface area contributed by atoms with Crippen molar-refractivity contribution in [1.29, 1.82) is 0 Å². The Labute approximate surface area is 178 Å². The van der Waals surface area contributed by atoms with Crippen molar-refractivity contribution in [3.05, 3.63) is 65.7 Å². The fraction of sp³-hybridized carbons (Fsp3) is 0.417. The lowest BCUT2D eigenvalue weighted by molar-refractivity contribution is -0.122. The van der Waals surface area contributed by atoms with Gasteiger partial charge in [0.15, 0.2) is 0 Å². The molecular formula is C24H31N3O3. The molecule has 2 N–H and O–H groups in total. The van der Waals surface area contributed by atoms with Crippen LogP contribution in [-0.4, -0.2) is 37.0 Å². The highest BCUT2D eigenvalue weighted by Crippen LogP contribution is 2.26. The number of methoxy groups -OCH3 is 1. The number of hydrogen-bond acceptors (Lipinski definition) is 3. The molecule has 0 radical (unpaired) electrons. The van der Waals surface area contributed by atoms with Crippen LogP contribution in [0.15, 0.2) is 54.6 Å². The maximum atomic E-state index is 13.2.